The summed E-state index contributed by atoms with van der Waals surface area (Å²) in [6, 6.07) is 12.4. The number of carboxylic acids is 1. The molecule has 0 amide bonds. The van der Waals surface area contributed by atoms with E-state index in [9.17, 15) is 4.79 Å². The summed E-state index contributed by atoms with van der Waals surface area (Å²) < 4.78 is 1.72. The molecule has 3 nitrogen and oxygen atoms in total. The highest BCUT2D eigenvalue weighted by Crippen LogP contribution is 2.33. The third kappa shape index (κ3) is 2.73. The Hall–Kier alpha value is -1.33. The summed E-state index contributed by atoms with van der Waals surface area (Å²) in [5.41, 5.74) is 1.59. The van der Waals surface area contributed by atoms with Gasteiger partial charge in [0.15, 0.2) is 0 Å². The summed E-state index contributed by atoms with van der Waals surface area (Å²) in [4.78, 5) is 11.1. The van der Waals surface area contributed by atoms with Crippen LogP contribution in [0.25, 0.3) is 0 Å². The topological polar surface area (TPSA) is 49.3 Å². The highest BCUT2D eigenvalue weighted by molar-refractivity contribution is 9.11. The lowest BCUT2D eigenvalue weighted by molar-refractivity contribution is 0.0698. The number of hydrogen-bond donors (Lipinski definition) is 2. The van der Waals surface area contributed by atoms with Crippen LogP contribution in [0.5, 0.6) is 0 Å². The van der Waals surface area contributed by atoms with E-state index in [1.807, 2.05) is 18.2 Å². The van der Waals surface area contributed by atoms with Gasteiger partial charge in [-0.15, -0.1) is 0 Å². The van der Waals surface area contributed by atoms with Gasteiger partial charge in [0.1, 0.15) is 0 Å². The second-order valence-corrected chi connectivity index (χ2v) is 5.28. The van der Waals surface area contributed by atoms with Crippen LogP contribution in [0.15, 0.2) is 51.4 Å². The normalized spacial score (nSPS) is 10.1. The number of anilines is 2. The molecule has 0 aliphatic heterocycles. The number of para-hydroxylation sites is 2. The van der Waals surface area contributed by atoms with Crippen molar-refractivity contribution in [3.05, 3.63) is 57.0 Å². The number of hydrogen-bond acceptors (Lipinski definition) is 2. The third-order valence-corrected chi connectivity index (χ3v) is 3.70. The number of aromatic carboxylic acids is 1. The molecule has 18 heavy (non-hydrogen) atoms. The van der Waals surface area contributed by atoms with Crippen LogP contribution >= 0.6 is 31.9 Å². The lowest BCUT2D eigenvalue weighted by Crippen LogP contribution is -2.02. The SMILES string of the molecule is O=C(O)c1ccccc1Nc1c(Br)cccc1Br. The molecule has 0 atom stereocenters. The lowest BCUT2D eigenvalue weighted by atomic mass is 10.1. The molecular formula is C13H9Br2NO2. The fraction of sp³-hybridized carbons (Fsp3) is 0. The maximum atomic E-state index is 11.1. The zero-order chi connectivity index (χ0) is 13.1. The molecule has 0 heterocycles. The molecule has 0 spiro atoms. The lowest BCUT2D eigenvalue weighted by Gasteiger charge is -2.12. The predicted octanol–water partition coefficient (Wildman–Crippen LogP) is 4.65. The second kappa shape index (κ2) is 5.54. The third-order valence-electron chi connectivity index (χ3n) is 2.38. The van der Waals surface area contributed by atoms with Crippen LogP contribution < -0.4 is 5.32 Å². The largest absolute Gasteiger partial charge is 0.478 e. The van der Waals surface area contributed by atoms with Crippen molar-refractivity contribution in [2.24, 2.45) is 0 Å². The smallest absolute Gasteiger partial charge is 0.337 e. The Morgan fingerprint density at radius 1 is 1.00 bits per heavy atom. The average Bonchev–Trinajstić information content (AvgIpc) is 2.34. The molecule has 0 aromatic heterocycles. The van der Waals surface area contributed by atoms with E-state index >= 15 is 0 Å². The van der Waals surface area contributed by atoms with Crippen molar-refractivity contribution in [2.75, 3.05) is 5.32 Å². The minimum atomic E-state index is -0.957. The first kappa shape index (κ1) is 13.1. The Kier molecular flexibility index (Phi) is 4.04. The number of nitrogens with one attached hydrogen (secondary N) is 1. The molecule has 92 valence electrons. The summed E-state index contributed by atoms with van der Waals surface area (Å²) >= 11 is 6.85. The van der Waals surface area contributed by atoms with E-state index in [0.717, 1.165) is 14.6 Å². The van der Waals surface area contributed by atoms with Crippen molar-refractivity contribution in [1.82, 2.24) is 0 Å². The van der Waals surface area contributed by atoms with Gasteiger partial charge in [0.25, 0.3) is 0 Å². The molecule has 2 rings (SSSR count). The molecule has 0 aliphatic carbocycles. The molecule has 0 bridgehead atoms. The molecule has 0 saturated carbocycles. The Morgan fingerprint density at radius 2 is 1.61 bits per heavy atom. The molecule has 2 aromatic carbocycles. The zero-order valence-electron chi connectivity index (χ0n) is 9.15. The van der Waals surface area contributed by atoms with E-state index in [2.05, 4.69) is 37.2 Å². The fourth-order valence-corrected chi connectivity index (χ4v) is 2.73. The van der Waals surface area contributed by atoms with Crippen molar-refractivity contribution in [3.8, 4) is 0 Å². The monoisotopic (exact) mass is 369 g/mol. The van der Waals surface area contributed by atoms with Crippen molar-refractivity contribution in [2.45, 2.75) is 0 Å². The molecule has 0 aliphatic rings. The van der Waals surface area contributed by atoms with E-state index in [1.165, 1.54) is 0 Å². The quantitative estimate of drug-likeness (QED) is 0.826. The Balaban J connectivity index is 2.43. The van der Waals surface area contributed by atoms with Crippen LogP contribution in [0.2, 0.25) is 0 Å². The van der Waals surface area contributed by atoms with Crippen molar-refractivity contribution < 1.29 is 9.90 Å². The maximum Gasteiger partial charge on any atom is 0.337 e. The van der Waals surface area contributed by atoms with E-state index in [1.54, 1.807) is 24.3 Å². The van der Waals surface area contributed by atoms with Crippen LogP contribution in [-0.2, 0) is 0 Å². The molecule has 0 unspecified atom stereocenters. The minimum Gasteiger partial charge on any atom is -0.478 e. The molecule has 0 saturated heterocycles. The van der Waals surface area contributed by atoms with Crippen LogP contribution in [0.1, 0.15) is 10.4 Å². The Labute approximate surface area is 121 Å². The van der Waals surface area contributed by atoms with Gasteiger partial charge in [0.05, 0.1) is 16.9 Å². The van der Waals surface area contributed by atoms with Gasteiger partial charge < -0.3 is 10.4 Å². The molecule has 5 heteroatoms. The molecule has 2 aromatic rings. The molecule has 0 fully saturated rings. The standard InChI is InChI=1S/C13H9Br2NO2/c14-9-5-3-6-10(15)12(9)16-11-7-2-1-4-8(11)13(17)18/h1-7,16H,(H,17,18). The fourth-order valence-electron chi connectivity index (χ4n) is 1.53. The van der Waals surface area contributed by atoms with Gasteiger partial charge >= 0.3 is 5.97 Å². The summed E-state index contributed by atoms with van der Waals surface area (Å²) in [5, 5.41) is 12.2. The first-order valence-electron chi connectivity index (χ1n) is 5.13. The second-order valence-electron chi connectivity index (χ2n) is 3.57. The Morgan fingerprint density at radius 3 is 2.22 bits per heavy atom. The summed E-state index contributed by atoms with van der Waals surface area (Å²) in [6.07, 6.45) is 0. The van der Waals surface area contributed by atoms with Crippen LogP contribution in [0.4, 0.5) is 11.4 Å². The number of halogens is 2. The molecule has 2 N–H and O–H groups in total. The van der Waals surface area contributed by atoms with E-state index < -0.39 is 5.97 Å². The van der Waals surface area contributed by atoms with E-state index in [-0.39, 0.29) is 5.56 Å². The van der Waals surface area contributed by atoms with Crippen molar-refractivity contribution >= 4 is 49.2 Å². The van der Waals surface area contributed by atoms with Crippen LogP contribution in [0.3, 0.4) is 0 Å². The van der Waals surface area contributed by atoms with Gasteiger partial charge in [-0.25, -0.2) is 4.79 Å². The van der Waals surface area contributed by atoms with E-state index in [0.29, 0.717) is 5.69 Å². The van der Waals surface area contributed by atoms with Gasteiger partial charge in [-0.2, -0.15) is 0 Å². The molecule has 0 radical (unpaired) electrons. The van der Waals surface area contributed by atoms with E-state index in [4.69, 9.17) is 5.11 Å². The van der Waals surface area contributed by atoms with Crippen LogP contribution in [0, 0.1) is 0 Å². The highest BCUT2D eigenvalue weighted by atomic mass is 79.9. The zero-order valence-corrected chi connectivity index (χ0v) is 12.3. The number of carboxylic acid groups (broad SMARTS) is 1. The predicted molar refractivity (Wildman–Crippen MR) is 78.5 cm³/mol. The van der Waals surface area contributed by atoms with Gasteiger partial charge in [-0.05, 0) is 56.1 Å². The van der Waals surface area contributed by atoms with Gasteiger partial charge in [0, 0.05) is 8.95 Å². The van der Waals surface area contributed by atoms with Gasteiger partial charge in [-0.3, -0.25) is 0 Å². The number of rotatable bonds is 3. The highest BCUT2D eigenvalue weighted by Gasteiger charge is 2.11. The number of benzene rings is 2. The summed E-state index contributed by atoms with van der Waals surface area (Å²) in [7, 11) is 0. The minimum absolute atomic E-state index is 0.236. The van der Waals surface area contributed by atoms with Gasteiger partial charge in [0.2, 0.25) is 0 Å². The first-order valence-corrected chi connectivity index (χ1v) is 6.71. The van der Waals surface area contributed by atoms with Gasteiger partial charge in [-0.1, -0.05) is 18.2 Å². The summed E-state index contributed by atoms with van der Waals surface area (Å²) in [5.74, 6) is -0.957. The summed E-state index contributed by atoms with van der Waals surface area (Å²) in [6.45, 7) is 0. The Bertz CT molecular complexity index is 579. The van der Waals surface area contributed by atoms with Crippen molar-refractivity contribution in [3.63, 3.8) is 0 Å². The average molecular weight is 371 g/mol. The van der Waals surface area contributed by atoms with Crippen LogP contribution in [-0.4, -0.2) is 11.1 Å². The first-order chi connectivity index (χ1) is 8.59. The maximum absolute atomic E-state index is 11.1. The number of carbonyl (C=O) groups is 1. The molecular weight excluding hydrogens is 362 g/mol. The van der Waals surface area contributed by atoms with Crippen molar-refractivity contribution in [1.29, 1.82) is 0 Å².